The Morgan fingerprint density at radius 3 is 2.48 bits per heavy atom. The highest BCUT2D eigenvalue weighted by Gasteiger charge is 2.09. The molecule has 0 fully saturated rings. The van der Waals surface area contributed by atoms with Gasteiger partial charge in [0.05, 0.1) is 4.90 Å². The van der Waals surface area contributed by atoms with Gasteiger partial charge in [-0.3, -0.25) is 4.79 Å². The summed E-state index contributed by atoms with van der Waals surface area (Å²) in [5.74, 6) is 0.491. The minimum atomic E-state index is -3.75. The van der Waals surface area contributed by atoms with Crippen LogP contribution in [0.5, 0.6) is 0 Å². The smallest absolute Gasteiger partial charge is 0.251 e. The average molecular weight is 334 g/mol. The molecule has 0 saturated carbocycles. The van der Waals surface area contributed by atoms with Crippen LogP contribution in [0.2, 0.25) is 0 Å². The summed E-state index contributed by atoms with van der Waals surface area (Å²) in [6, 6.07) is 9.25. The highest BCUT2D eigenvalue weighted by Crippen LogP contribution is 2.09. The van der Waals surface area contributed by atoms with Crippen molar-refractivity contribution < 1.29 is 13.2 Å². The summed E-state index contributed by atoms with van der Waals surface area (Å²) in [6.45, 7) is 2.88. The van der Waals surface area contributed by atoms with Crippen LogP contribution in [0.1, 0.15) is 15.9 Å². The van der Waals surface area contributed by atoms with Gasteiger partial charge in [-0.25, -0.2) is 18.5 Å². The number of nitrogens with one attached hydrogen (secondary N) is 2. The maximum Gasteiger partial charge on any atom is 0.251 e. The van der Waals surface area contributed by atoms with E-state index < -0.39 is 10.0 Å². The van der Waals surface area contributed by atoms with Crippen LogP contribution in [0.15, 0.2) is 47.5 Å². The number of primary sulfonamides is 1. The Kier molecular flexibility index (Phi) is 5.30. The van der Waals surface area contributed by atoms with Crippen LogP contribution in [0.3, 0.4) is 0 Å². The highest BCUT2D eigenvalue weighted by atomic mass is 32.2. The van der Waals surface area contributed by atoms with Crippen molar-refractivity contribution in [2.45, 2.75) is 11.8 Å². The van der Waals surface area contributed by atoms with Crippen LogP contribution in [0.25, 0.3) is 0 Å². The second-order valence-electron chi connectivity index (χ2n) is 4.92. The van der Waals surface area contributed by atoms with Gasteiger partial charge in [-0.15, -0.1) is 0 Å². The molecule has 122 valence electrons. The van der Waals surface area contributed by atoms with E-state index in [-0.39, 0.29) is 10.8 Å². The Hall–Kier alpha value is -2.45. The number of nitrogens with two attached hydrogens (primary N) is 1. The van der Waals surface area contributed by atoms with Crippen molar-refractivity contribution in [3.8, 4) is 0 Å². The Labute approximate surface area is 135 Å². The number of benzene rings is 1. The lowest BCUT2D eigenvalue weighted by Crippen LogP contribution is -2.29. The van der Waals surface area contributed by atoms with Crippen LogP contribution >= 0.6 is 0 Å². The number of hydrogen-bond acceptors (Lipinski definition) is 5. The molecule has 0 radical (unpaired) electrons. The zero-order valence-electron chi connectivity index (χ0n) is 12.6. The summed E-state index contributed by atoms with van der Waals surface area (Å²) in [7, 11) is -3.75. The van der Waals surface area contributed by atoms with Gasteiger partial charge in [-0.05, 0) is 42.8 Å². The predicted molar refractivity (Wildman–Crippen MR) is 87.6 cm³/mol. The van der Waals surface area contributed by atoms with E-state index in [0.717, 1.165) is 11.4 Å². The van der Waals surface area contributed by atoms with E-state index >= 15 is 0 Å². The first-order valence-corrected chi connectivity index (χ1v) is 8.49. The van der Waals surface area contributed by atoms with Crippen LogP contribution in [-0.2, 0) is 10.0 Å². The van der Waals surface area contributed by atoms with Crippen molar-refractivity contribution in [3.05, 3.63) is 53.7 Å². The lowest BCUT2D eigenvalue weighted by Gasteiger charge is -2.09. The summed E-state index contributed by atoms with van der Waals surface area (Å²) in [5.41, 5.74) is 1.39. The zero-order chi connectivity index (χ0) is 16.9. The van der Waals surface area contributed by atoms with Gasteiger partial charge in [0.2, 0.25) is 10.0 Å². The number of pyridine rings is 1. The first-order valence-electron chi connectivity index (χ1n) is 6.94. The normalized spacial score (nSPS) is 11.0. The van der Waals surface area contributed by atoms with Gasteiger partial charge in [-0.1, -0.05) is 6.07 Å². The molecule has 0 spiro atoms. The minimum absolute atomic E-state index is 0.0265. The molecule has 2 rings (SSSR count). The van der Waals surface area contributed by atoms with Gasteiger partial charge < -0.3 is 10.6 Å². The summed E-state index contributed by atoms with van der Waals surface area (Å²) >= 11 is 0. The summed E-state index contributed by atoms with van der Waals surface area (Å²) in [6.07, 6.45) is 1.70. The van der Waals surface area contributed by atoms with E-state index in [1.807, 2.05) is 19.1 Å². The lowest BCUT2D eigenvalue weighted by atomic mass is 10.2. The second-order valence-corrected chi connectivity index (χ2v) is 6.48. The quantitative estimate of drug-likeness (QED) is 0.679. The average Bonchev–Trinajstić information content (AvgIpc) is 2.52. The molecule has 0 unspecified atom stereocenters. The molecule has 0 aliphatic carbocycles. The van der Waals surface area contributed by atoms with Crippen LogP contribution in [-0.4, -0.2) is 32.4 Å². The molecule has 0 aliphatic heterocycles. The summed E-state index contributed by atoms with van der Waals surface area (Å²) < 4.78 is 22.3. The van der Waals surface area contributed by atoms with Crippen molar-refractivity contribution in [1.82, 2.24) is 10.3 Å². The van der Waals surface area contributed by atoms with Crippen LogP contribution < -0.4 is 15.8 Å². The number of carbonyl (C=O) groups is 1. The maximum absolute atomic E-state index is 11.9. The minimum Gasteiger partial charge on any atom is -0.368 e. The number of sulfonamides is 1. The molecular formula is C15H18N4O3S. The zero-order valence-corrected chi connectivity index (χ0v) is 13.4. The molecular weight excluding hydrogens is 316 g/mol. The van der Waals surface area contributed by atoms with E-state index in [0.29, 0.717) is 18.7 Å². The number of aryl methyl sites for hydroxylation is 1. The Balaban J connectivity index is 1.84. The lowest BCUT2D eigenvalue weighted by molar-refractivity contribution is 0.0955. The van der Waals surface area contributed by atoms with Crippen molar-refractivity contribution in [2.24, 2.45) is 5.14 Å². The van der Waals surface area contributed by atoms with Crippen molar-refractivity contribution >= 4 is 21.7 Å². The van der Waals surface area contributed by atoms with Gasteiger partial charge >= 0.3 is 0 Å². The number of anilines is 1. The van der Waals surface area contributed by atoms with E-state index in [1.165, 1.54) is 24.3 Å². The largest absolute Gasteiger partial charge is 0.368 e. The molecule has 1 amide bonds. The Bertz CT molecular complexity index is 789. The molecule has 0 atom stereocenters. The molecule has 1 aromatic heterocycles. The highest BCUT2D eigenvalue weighted by molar-refractivity contribution is 7.89. The fourth-order valence-corrected chi connectivity index (χ4v) is 2.44. The van der Waals surface area contributed by atoms with Gasteiger partial charge in [0, 0.05) is 24.8 Å². The Morgan fingerprint density at radius 2 is 1.87 bits per heavy atom. The molecule has 8 heteroatoms. The number of carbonyl (C=O) groups excluding carboxylic acids is 1. The van der Waals surface area contributed by atoms with E-state index in [9.17, 15) is 13.2 Å². The Morgan fingerprint density at radius 1 is 1.17 bits per heavy atom. The van der Waals surface area contributed by atoms with Gasteiger partial charge in [0.1, 0.15) is 5.82 Å². The van der Waals surface area contributed by atoms with E-state index in [2.05, 4.69) is 15.6 Å². The number of hydrogen-bond donors (Lipinski definition) is 3. The van der Waals surface area contributed by atoms with E-state index in [4.69, 9.17) is 5.14 Å². The molecule has 1 heterocycles. The maximum atomic E-state index is 11.9. The number of amides is 1. The standard InChI is InChI=1S/C15H18N4O3S/c1-11-3-2-8-17-14(11)18-9-10-19-15(20)12-4-6-13(7-5-12)23(16,21)22/h2-8H,9-10H2,1H3,(H,17,18)(H,19,20)(H2,16,21,22). The van der Waals surface area contributed by atoms with Crippen LogP contribution in [0.4, 0.5) is 5.82 Å². The third-order valence-electron chi connectivity index (χ3n) is 3.16. The molecule has 0 aliphatic rings. The second kappa shape index (κ2) is 7.21. The van der Waals surface area contributed by atoms with Gasteiger partial charge in [-0.2, -0.15) is 0 Å². The predicted octanol–water partition coefficient (Wildman–Crippen LogP) is 0.879. The summed E-state index contributed by atoms with van der Waals surface area (Å²) in [4.78, 5) is 16.1. The molecule has 4 N–H and O–H groups in total. The van der Waals surface area contributed by atoms with Crippen molar-refractivity contribution in [2.75, 3.05) is 18.4 Å². The SMILES string of the molecule is Cc1cccnc1NCCNC(=O)c1ccc(S(N)(=O)=O)cc1. The van der Waals surface area contributed by atoms with Gasteiger partial charge in [0.15, 0.2) is 0 Å². The first-order chi connectivity index (χ1) is 10.9. The molecule has 0 saturated heterocycles. The molecule has 1 aromatic carbocycles. The number of nitrogens with zero attached hydrogens (tertiary/aromatic N) is 1. The molecule has 23 heavy (non-hydrogen) atoms. The third kappa shape index (κ3) is 4.76. The van der Waals surface area contributed by atoms with Gasteiger partial charge in [0.25, 0.3) is 5.91 Å². The van der Waals surface area contributed by atoms with E-state index in [1.54, 1.807) is 6.20 Å². The third-order valence-corrected chi connectivity index (χ3v) is 4.09. The number of aromatic nitrogens is 1. The monoisotopic (exact) mass is 334 g/mol. The van der Waals surface area contributed by atoms with Crippen LogP contribution in [0, 0.1) is 6.92 Å². The molecule has 7 nitrogen and oxygen atoms in total. The summed E-state index contributed by atoms with van der Waals surface area (Å²) in [5, 5.41) is 10.9. The fraction of sp³-hybridized carbons (Fsp3) is 0.200. The molecule has 0 bridgehead atoms. The fourth-order valence-electron chi connectivity index (χ4n) is 1.93. The topological polar surface area (TPSA) is 114 Å². The molecule has 2 aromatic rings. The van der Waals surface area contributed by atoms with Crippen molar-refractivity contribution in [3.63, 3.8) is 0 Å². The van der Waals surface area contributed by atoms with Crippen molar-refractivity contribution in [1.29, 1.82) is 0 Å². The first kappa shape index (κ1) is 16.9. The number of rotatable bonds is 6.